The third-order valence-corrected chi connectivity index (χ3v) is 3.39. The van der Waals surface area contributed by atoms with Crippen LogP contribution in [0.3, 0.4) is 0 Å². The van der Waals surface area contributed by atoms with Crippen molar-refractivity contribution in [1.29, 1.82) is 0 Å². The predicted octanol–water partition coefficient (Wildman–Crippen LogP) is 3.48. The first kappa shape index (κ1) is 15.5. The first-order valence-corrected chi connectivity index (χ1v) is 6.95. The summed E-state index contributed by atoms with van der Waals surface area (Å²) < 4.78 is 52.5. The SMILES string of the molecule is NCc1ccc(-c2ccc3c(c2)OCCO3)cc1OC(F)(F)F. The molecule has 3 rings (SSSR count). The van der Waals surface area contributed by atoms with Crippen LogP contribution in [0.1, 0.15) is 5.56 Å². The first-order chi connectivity index (χ1) is 11.0. The van der Waals surface area contributed by atoms with Crippen molar-refractivity contribution in [3.63, 3.8) is 0 Å². The zero-order chi connectivity index (χ0) is 16.4. The van der Waals surface area contributed by atoms with Crippen molar-refractivity contribution in [2.45, 2.75) is 12.9 Å². The van der Waals surface area contributed by atoms with Gasteiger partial charge in [0.1, 0.15) is 19.0 Å². The van der Waals surface area contributed by atoms with Gasteiger partial charge in [-0.1, -0.05) is 18.2 Å². The van der Waals surface area contributed by atoms with Crippen LogP contribution in [-0.4, -0.2) is 19.6 Å². The second-order valence-electron chi connectivity index (χ2n) is 4.93. The minimum absolute atomic E-state index is 0.0488. The largest absolute Gasteiger partial charge is 0.573 e. The van der Waals surface area contributed by atoms with Crippen molar-refractivity contribution >= 4 is 0 Å². The Hall–Kier alpha value is -2.41. The van der Waals surface area contributed by atoms with Crippen molar-refractivity contribution in [3.05, 3.63) is 42.0 Å². The lowest BCUT2D eigenvalue weighted by Gasteiger charge is -2.19. The summed E-state index contributed by atoms with van der Waals surface area (Å²) >= 11 is 0. The van der Waals surface area contributed by atoms with E-state index in [1.54, 1.807) is 24.3 Å². The minimum atomic E-state index is -4.77. The highest BCUT2D eigenvalue weighted by atomic mass is 19.4. The highest BCUT2D eigenvalue weighted by Gasteiger charge is 2.32. The van der Waals surface area contributed by atoms with Gasteiger partial charge in [-0.3, -0.25) is 0 Å². The lowest BCUT2D eigenvalue weighted by atomic mass is 10.0. The Morgan fingerprint density at radius 1 is 0.957 bits per heavy atom. The molecule has 0 fully saturated rings. The van der Waals surface area contributed by atoms with Gasteiger partial charge in [-0.2, -0.15) is 0 Å². The maximum Gasteiger partial charge on any atom is 0.573 e. The third-order valence-electron chi connectivity index (χ3n) is 3.39. The molecule has 2 aromatic carbocycles. The number of alkyl halides is 3. The fourth-order valence-corrected chi connectivity index (χ4v) is 2.35. The van der Waals surface area contributed by atoms with Crippen LogP contribution in [-0.2, 0) is 6.54 Å². The van der Waals surface area contributed by atoms with E-state index in [-0.39, 0.29) is 17.9 Å². The molecular weight excluding hydrogens is 311 g/mol. The van der Waals surface area contributed by atoms with E-state index in [1.165, 1.54) is 12.1 Å². The molecule has 0 radical (unpaired) electrons. The van der Waals surface area contributed by atoms with E-state index in [0.717, 1.165) is 0 Å². The van der Waals surface area contributed by atoms with Crippen LogP contribution in [0.15, 0.2) is 36.4 Å². The molecule has 0 saturated carbocycles. The van der Waals surface area contributed by atoms with Gasteiger partial charge in [-0.05, 0) is 29.3 Å². The number of halogens is 3. The molecule has 0 unspecified atom stereocenters. The van der Waals surface area contributed by atoms with E-state index in [9.17, 15) is 13.2 Å². The van der Waals surface area contributed by atoms with E-state index >= 15 is 0 Å². The Bertz CT molecular complexity index is 716. The Morgan fingerprint density at radius 3 is 2.30 bits per heavy atom. The number of fused-ring (bicyclic) bond motifs is 1. The average molecular weight is 325 g/mol. The highest BCUT2D eigenvalue weighted by molar-refractivity contribution is 5.69. The number of benzene rings is 2. The Kier molecular flexibility index (Phi) is 4.04. The predicted molar refractivity (Wildman–Crippen MR) is 77.4 cm³/mol. The molecule has 0 bridgehead atoms. The Labute approximate surface area is 130 Å². The summed E-state index contributed by atoms with van der Waals surface area (Å²) in [7, 11) is 0. The summed E-state index contributed by atoms with van der Waals surface area (Å²) in [4.78, 5) is 0. The smallest absolute Gasteiger partial charge is 0.486 e. The van der Waals surface area contributed by atoms with Gasteiger partial charge in [-0.25, -0.2) is 0 Å². The lowest BCUT2D eigenvalue weighted by molar-refractivity contribution is -0.274. The molecule has 7 heteroatoms. The third kappa shape index (κ3) is 3.50. The molecule has 23 heavy (non-hydrogen) atoms. The molecule has 2 aromatic rings. The number of ether oxygens (including phenoxy) is 3. The van der Waals surface area contributed by atoms with E-state index < -0.39 is 6.36 Å². The summed E-state index contributed by atoms with van der Waals surface area (Å²) in [5.74, 6) is 0.882. The van der Waals surface area contributed by atoms with Crippen LogP contribution in [0.2, 0.25) is 0 Å². The fraction of sp³-hybridized carbons (Fsp3) is 0.250. The monoisotopic (exact) mass is 325 g/mol. The summed E-state index contributed by atoms with van der Waals surface area (Å²) in [6.07, 6.45) is -4.77. The average Bonchev–Trinajstić information content (AvgIpc) is 2.53. The van der Waals surface area contributed by atoms with Crippen molar-refractivity contribution in [1.82, 2.24) is 0 Å². The number of hydrogen-bond acceptors (Lipinski definition) is 4. The zero-order valence-electron chi connectivity index (χ0n) is 12.0. The first-order valence-electron chi connectivity index (χ1n) is 6.95. The van der Waals surface area contributed by atoms with E-state index in [0.29, 0.717) is 35.8 Å². The van der Waals surface area contributed by atoms with Gasteiger partial charge in [0.2, 0.25) is 0 Å². The highest BCUT2D eigenvalue weighted by Crippen LogP contribution is 2.36. The van der Waals surface area contributed by atoms with Gasteiger partial charge in [0.25, 0.3) is 0 Å². The zero-order valence-corrected chi connectivity index (χ0v) is 12.0. The van der Waals surface area contributed by atoms with E-state index in [4.69, 9.17) is 15.2 Å². The van der Waals surface area contributed by atoms with Crippen LogP contribution in [0.4, 0.5) is 13.2 Å². The van der Waals surface area contributed by atoms with Crippen LogP contribution in [0, 0.1) is 0 Å². The van der Waals surface area contributed by atoms with Crippen LogP contribution >= 0.6 is 0 Å². The van der Waals surface area contributed by atoms with Gasteiger partial charge < -0.3 is 19.9 Å². The molecule has 0 aromatic heterocycles. The lowest BCUT2D eigenvalue weighted by Crippen LogP contribution is -2.18. The van der Waals surface area contributed by atoms with Gasteiger partial charge in [0, 0.05) is 12.1 Å². The summed E-state index contributed by atoms with van der Waals surface area (Å²) in [5.41, 5.74) is 7.01. The number of nitrogens with two attached hydrogens (primary N) is 1. The molecule has 0 amide bonds. The van der Waals surface area contributed by atoms with Crippen LogP contribution in [0.25, 0.3) is 11.1 Å². The Morgan fingerprint density at radius 2 is 1.61 bits per heavy atom. The molecular formula is C16H14F3NO3. The maximum atomic E-state index is 12.5. The van der Waals surface area contributed by atoms with E-state index in [1.807, 2.05) is 0 Å². The van der Waals surface area contributed by atoms with E-state index in [2.05, 4.69) is 4.74 Å². The van der Waals surface area contributed by atoms with Crippen LogP contribution in [0.5, 0.6) is 17.2 Å². The van der Waals surface area contributed by atoms with Crippen molar-refractivity contribution in [2.24, 2.45) is 5.73 Å². The molecule has 4 nitrogen and oxygen atoms in total. The molecule has 0 spiro atoms. The second-order valence-corrected chi connectivity index (χ2v) is 4.93. The molecule has 0 saturated heterocycles. The standard InChI is InChI=1S/C16H14F3NO3/c17-16(18,19)23-14-7-10(1-2-12(14)9-20)11-3-4-13-15(8-11)22-6-5-21-13/h1-4,7-8H,5-6,9,20H2. The Balaban J connectivity index is 1.98. The molecule has 0 aliphatic carbocycles. The van der Waals surface area contributed by atoms with Crippen molar-refractivity contribution in [3.8, 4) is 28.4 Å². The second kappa shape index (κ2) is 6.00. The summed E-state index contributed by atoms with van der Waals surface area (Å²) in [5, 5.41) is 0. The maximum absolute atomic E-state index is 12.5. The van der Waals surface area contributed by atoms with Gasteiger partial charge in [-0.15, -0.1) is 13.2 Å². The number of rotatable bonds is 3. The van der Waals surface area contributed by atoms with Crippen LogP contribution < -0.4 is 19.9 Å². The fourth-order valence-electron chi connectivity index (χ4n) is 2.35. The summed E-state index contributed by atoms with van der Waals surface area (Å²) in [6, 6.07) is 9.74. The van der Waals surface area contributed by atoms with Crippen molar-refractivity contribution < 1.29 is 27.4 Å². The van der Waals surface area contributed by atoms with Crippen molar-refractivity contribution in [2.75, 3.05) is 13.2 Å². The van der Waals surface area contributed by atoms with Gasteiger partial charge in [0.05, 0.1) is 0 Å². The van der Waals surface area contributed by atoms with Gasteiger partial charge >= 0.3 is 6.36 Å². The quantitative estimate of drug-likeness (QED) is 0.939. The number of hydrogen-bond donors (Lipinski definition) is 1. The van der Waals surface area contributed by atoms with Gasteiger partial charge in [0.15, 0.2) is 11.5 Å². The minimum Gasteiger partial charge on any atom is -0.486 e. The molecule has 122 valence electrons. The molecule has 0 atom stereocenters. The molecule has 1 aliphatic heterocycles. The normalized spacial score (nSPS) is 13.7. The topological polar surface area (TPSA) is 53.7 Å². The molecule has 1 aliphatic rings. The molecule has 2 N–H and O–H groups in total. The molecule has 1 heterocycles. The summed E-state index contributed by atoms with van der Waals surface area (Å²) in [6.45, 7) is 0.860.